The van der Waals surface area contributed by atoms with Crippen LogP contribution in [-0.2, 0) is 14.3 Å². The fourth-order valence-corrected chi connectivity index (χ4v) is 2.54. The number of hydrazine groups is 1. The molecule has 1 aromatic carbocycles. The summed E-state index contributed by atoms with van der Waals surface area (Å²) in [5.41, 5.74) is 5.94. The van der Waals surface area contributed by atoms with Crippen molar-refractivity contribution in [2.75, 3.05) is 12.1 Å². The summed E-state index contributed by atoms with van der Waals surface area (Å²) in [4.78, 5) is 24.3. The first-order chi connectivity index (χ1) is 9.86. The summed E-state index contributed by atoms with van der Waals surface area (Å²) in [6.45, 7) is 7.70. The first kappa shape index (κ1) is 15.5. The molecule has 0 saturated carbocycles. The molecule has 0 saturated heterocycles. The van der Waals surface area contributed by atoms with Crippen LogP contribution in [0.2, 0.25) is 0 Å². The number of methoxy groups -OCH3 is 1. The van der Waals surface area contributed by atoms with Gasteiger partial charge < -0.3 is 4.74 Å². The highest BCUT2D eigenvalue weighted by Crippen LogP contribution is 2.36. The minimum absolute atomic E-state index is 0.00931. The van der Waals surface area contributed by atoms with Gasteiger partial charge in [-0.25, -0.2) is 10.4 Å². The molecule has 2 atom stereocenters. The second kappa shape index (κ2) is 5.85. The molecular weight excluding hydrogens is 268 g/mol. The molecule has 5 nitrogen and oxygen atoms in total. The number of carbonyl (C=O) groups is 2. The van der Waals surface area contributed by atoms with Crippen molar-refractivity contribution < 1.29 is 14.3 Å². The maximum Gasteiger partial charge on any atom is 0.324 e. The molecule has 0 aromatic heterocycles. The van der Waals surface area contributed by atoms with Crippen molar-refractivity contribution in [1.29, 1.82) is 0 Å². The predicted octanol–water partition coefficient (Wildman–Crippen LogP) is 2.15. The summed E-state index contributed by atoms with van der Waals surface area (Å²) in [6, 6.07) is 5.33. The van der Waals surface area contributed by atoms with E-state index in [1.54, 1.807) is 0 Å². The summed E-state index contributed by atoms with van der Waals surface area (Å²) in [5, 5.41) is 1.49. The third kappa shape index (κ3) is 2.78. The number of aryl methyl sites for hydroxylation is 1. The monoisotopic (exact) mass is 290 g/mol. The van der Waals surface area contributed by atoms with E-state index < -0.39 is 6.04 Å². The fraction of sp³-hybridized carbons (Fsp3) is 0.500. The van der Waals surface area contributed by atoms with Crippen LogP contribution in [0.5, 0.6) is 0 Å². The maximum atomic E-state index is 12.5. The number of ether oxygens (including phenoxy) is 1. The van der Waals surface area contributed by atoms with Crippen molar-refractivity contribution in [2.24, 2.45) is 5.92 Å². The van der Waals surface area contributed by atoms with Crippen LogP contribution in [0, 0.1) is 12.8 Å². The molecule has 0 fully saturated rings. The average Bonchev–Trinajstić information content (AvgIpc) is 2.67. The molecule has 1 amide bonds. The van der Waals surface area contributed by atoms with Crippen LogP contribution in [0.15, 0.2) is 18.2 Å². The van der Waals surface area contributed by atoms with Gasteiger partial charge >= 0.3 is 5.97 Å². The lowest BCUT2D eigenvalue weighted by Crippen LogP contribution is -2.53. The van der Waals surface area contributed by atoms with Crippen molar-refractivity contribution in [1.82, 2.24) is 5.43 Å². The molecule has 1 heterocycles. The summed E-state index contributed by atoms with van der Waals surface area (Å²) < 4.78 is 4.81. The summed E-state index contributed by atoms with van der Waals surface area (Å²) in [5.74, 6) is -0.621. The predicted molar refractivity (Wildman–Crippen MR) is 80.9 cm³/mol. The lowest BCUT2D eigenvalue weighted by atomic mass is 10.0. The van der Waals surface area contributed by atoms with Crippen molar-refractivity contribution in [3.8, 4) is 0 Å². The number of nitrogens with one attached hydrogen (secondary N) is 1. The highest BCUT2D eigenvalue weighted by molar-refractivity contribution is 6.04. The molecule has 0 bridgehead atoms. The highest BCUT2D eigenvalue weighted by atomic mass is 16.5. The Balaban J connectivity index is 2.33. The third-order valence-electron chi connectivity index (χ3n) is 3.87. The van der Waals surface area contributed by atoms with Gasteiger partial charge in [-0.15, -0.1) is 0 Å². The average molecular weight is 290 g/mol. The van der Waals surface area contributed by atoms with Crippen LogP contribution in [0.4, 0.5) is 5.69 Å². The topological polar surface area (TPSA) is 58.6 Å². The molecule has 21 heavy (non-hydrogen) atoms. The molecule has 0 spiro atoms. The maximum absolute atomic E-state index is 12.5. The summed E-state index contributed by atoms with van der Waals surface area (Å²) in [6.07, 6.45) is 0. The Hall–Kier alpha value is -1.88. The van der Waals surface area contributed by atoms with Gasteiger partial charge in [-0.05, 0) is 31.4 Å². The lowest BCUT2D eigenvalue weighted by molar-refractivity contribution is -0.144. The molecular formula is C16H22N2O3. The molecule has 1 N–H and O–H groups in total. The number of amides is 1. The first-order valence-corrected chi connectivity index (χ1v) is 7.15. The van der Waals surface area contributed by atoms with Crippen LogP contribution >= 0.6 is 0 Å². The summed E-state index contributed by atoms with van der Waals surface area (Å²) in [7, 11) is 1.35. The normalized spacial score (nSPS) is 18.9. The van der Waals surface area contributed by atoms with E-state index in [0.717, 1.165) is 16.8 Å². The van der Waals surface area contributed by atoms with Crippen LogP contribution in [0.1, 0.15) is 37.8 Å². The Morgan fingerprint density at radius 2 is 2.05 bits per heavy atom. The molecule has 114 valence electrons. The number of hydrogen-bond donors (Lipinski definition) is 1. The Morgan fingerprint density at radius 3 is 2.62 bits per heavy atom. The highest BCUT2D eigenvalue weighted by Gasteiger charge is 2.37. The van der Waals surface area contributed by atoms with Gasteiger partial charge in [0.1, 0.15) is 6.04 Å². The standard InChI is InChI=1S/C16H22N2O3/c1-9(2)14(16(20)21-5)17-18-13-7-6-10(3)8-12(13)11(4)15(18)19/h6-9,11,14,17H,1-5H3/t11-,14-/m0/s1. The van der Waals surface area contributed by atoms with Gasteiger partial charge in [-0.2, -0.15) is 0 Å². The SMILES string of the molecule is COC(=O)[C@@H](NN1C(=O)[C@@H](C)c2cc(C)ccc21)C(C)C. The zero-order valence-corrected chi connectivity index (χ0v) is 13.1. The molecule has 0 radical (unpaired) electrons. The van der Waals surface area contributed by atoms with Gasteiger partial charge in [-0.3, -0.25) is 9.59 Å². The Bertz CT molecular complexity index is 569. The van der Waals surface area contributed by atoms with Gasteiger partial charge in [0.25, 0.3) is 0 Å². The van der Waals surface area contributed by atoms with Gasteiger partial charge in [-0.1, -0.05) is 31.5 Å². The van der Waals surface area contributed by atoms with Gasteiger partial charge in [0.15, 0.2) is 0 Å². The van der Waals surface area contributed by atoms with E-state index in [9.17, 15) is 9.59 Å². The van der Waals surface area contributed by atoms with E-state index in [0.29, 0.717) is 0 Å². The smallest absolute Gasteiger partial charge is 0.324 e. The van der Waals surface area contributed by atoms with Gasteiger partial charge in [0.2, 0.25) is 5.91 Å². The largest absolute Gasteiger partial charge is 0.468 e. The lowest BCUT2D eigenvalue weighted by Gasteiger charge is -2.27. The molecule has 5 heteroatoms. The molecule has 0 unspecified atom stereocenters. The fourth-order valence-electron chi connectivity index (χ4n) is 2.54. The third-order valence-corrected chi connectivity index (χ3v) is 3.87. The van der Waals surface area contributed by atoms with Crippen molar-refractivity contribution >= 4 is 17.6 Å². The van der Waals surface area contributed by atoms with Gasteiger partial charge in [0, 0.05) is 0 Å². The zero-order chi connectivity index (χ0) is 15.7. The second-order valence-electron chi connectivity index (χ2n) is 5.83. The molecule has 2 rings (SSSR count). The van der Waals surface area contributed by atoms with Crippen molar-refractivity contribution in [2.45, 2.75) is 39.7 Å². The number of rotatable bonds is 4. The van der Waals surface area contributed by atoms with Crippen LogP contribution in [-0.4, -0.2) is 25.0 Å². The number of esters is 1. The van der Waals surface area contributed by atoms with Crippen LogP contribution in [0.25, 0.3) is 0 Å². The van der Waals surface area contributed by atoms with E-state index in [4.69, 9.17) is 4.74 Å². The van der Waals surface area contributed by atoms with E-state index in [-0.39, 0.29) is 23.7 Å². The molecule has 1 aliphatic rings. The molecule has 0 aliphatic carbocycles. The number of fused-ring (bicyclic) bond motifs is 1. The minimum atomic E-state index is -0.557. The Morgan fingerprint density at radius 1 is 1.38 bits per heavy atom. The van der Waals surface area contributed by atoms with E-state index >= 15 is 0 Å². The van der Waals surface area contributed by atoms with E-state index in [2.05, 4.69) is 5.43 Å². The minimum Gasteiger partial charge on any atom is -0.468 e. The van der Waals surface area contributed by atoms with Gasteiger partial charge in [0.05, 0.1) is 18.7 Å². The quantitative estimate of drug-likeness (QED) is 0.863. The molecule has 1 aliphatic heterocycles. The number of benzene rings is 1. The number of anilines is 1. The Kier molecular flexibility index (Phi) is 4.32. The zero-order valence-electron chi connectivity index (χ0n) is 13.1. The molecule has 1 aromatic rings. The Labute approximate surface area is 125 Å². The summed E-state index contributed by atoms with van der Waals surface area (Å²) >= 11 is 0. The van der Waals surface area contributed by atoms with E-state index in [1.165, 1.54) is 12.1 Å². The number of carbonyl (C=O) groups excluding carboxylic acids is 2. The van der Waals surface area contributed by atoms with Crippen molar-refractivity contribution in [3.05, 3.63) is 29.3 Å². The first-order valence-electron chi connectivity index (χ1n) is 7.15. The number of nitrogens with zero attached hydrogens (tertiary/aromatic N) is 1. The second-order valence-corrected chi connectivity index (χ2v) is 5.83. The number of hydrogen-bond acceptors (Lipinski definition) is 4. The van der Waals surface area contributed by atoms with Crippen LogP contribution in [0.3, 0.4) is 0 Å². The van der Waals surface area contributed by atoms with Crippen LogP contribution < -0.4 is 10.4 Å². The van der Waals surface area contributed by atoms with Crippen molar-refractivity contribution in [3.63, 3.8) is 0 Å². The van der Waals surface area contributed by atoms with E-state index in [1.807, 2.05) is 45.9 Å².